The fourth-order valence-electron chi connectivity index (χ4n) is 3.28. The minimum Gasteiger partial charge on any atom is -0.490 e. The van der Waals surface area contributed by atoms with Crippen LogP contribution in [0.2, 0.25) is 0 Å². The topological polar surface area (TPSA) is 73.9 Å². The first-order valence-electron chi connectivity index (χ1n) is 10.4. The molecule has 0 atom stereocenters. The molecule has 9 heteroatoms. The number of nitrogens with one attached hydrogen (secondary N) is 2. The number of hydrogen-bond donors (Lipinski definition) is 2. The van der Waals surface area contributed by atoms with Crippen molar-refractivity contribution in [3.05, 3.63) is 58.1 Å². The number of thiocarbonyl (C=S) groups is 1. The number of halogens is 1. The molecule has 32 heavy (non-hydrogen) atoms. The maximum Gasteiger partial charge on any atom is 0.257 e. The number of ether oxygens (including phenoxy) is 1. The molecular weight excluding hydrogens is 492 g/mol. The summed E-state index contributed by atoms with van der Waals surface area (Å²) >= 11 is 8.77. The summed E-state index contributed by atoms with van der Waals surface area (Å²) in [7, 11) is 2.04. The Labute approximate surface area is 202 Å². The van der Waals surface area contributed by atoms with Crippen LogP contribution in [0.25, 0.3) is 0 Å². The van der Waals surface area contributed by atoms with Crippen LogP contribution in [0.1, 0.15) is 34.6 Å². The van der Waals surface area contributed by atoms with Crippen LogP contribution in [-0.2, 0) is 0 Å². The van der Waals surface area contributed by atoms with E-state index in [0.29, 0.717) is 40.1 Å². The maximum absolute atomic E-state index is 13.0. The average Bonchev–Trinajstić information content (AvgIpc) is 2.75. The molecule has 1 aliphatic rings. The predicted molar refractivity (Wildman–Crippen MR) is 133 cm³/mol. The van der Waals surface area contributed by atoms with E-state index < -0.39 is 0 Å². The Morgan fingerprint density at radius 2 is 1.78 bits per heavy atom. The minimum absolute atomic E-state index is 0.0244. The number of para-hydroxylation sites is 1. The molecule has 170 valence electrons. The van der Waals surface area contributed by atoms with Gasteiger partial charge in [0.25, 0.3) is 11.8 Å². The van der Waals surface area contributed by atoms with E-state index in [4.69, 9.17) is 17.0 Å². The van der Waals surface area contributed by atoms with Crippen molar-refractivity contribution in [3.63, 3.8) is 0 Å². The second-order valence-electron chi connectivity index (χ2n) is 7.86. The normalized spacial score (nSPS) is 14.2. The fraction of sp³-hybridized carbons (Fsp3) is 0.348. The molecule has 1 aliphatic heterocycles. The Kier molecular flexibility index (Phi) is 8.22. The molecule has 2 N–H and O–H groups in total. The lowest BCUT2D eigenvalue weighted by Gasteiger charge is -2.32. The van der Waals surface area contributed by atoms with Crippen molar-refractivity contribution in [2.75, 3.05) is 38.5 Å². The first kappa shape index (κ1) is 24.2. The van der Waals surface area contributed by atoms with E-state index in [9.17, 15) is 9.59 Å². The summed E-state index contributed by atoms with van der Waals surface area (Å²) in [5, 5.41) is 5.79. The summed E-state index contributed by atoms with van der Waals surface area (Å²) in [6, 6.07) is 12.3. The zero-order valence-electron chi connectivity index (χ0n) is 18.4. The molecule has 1 fully saturated rings. The number of anilines is 1. The van der Waals surface area contributed by atoms with Gasteiger partial charge in [0.05, 0.1) is 21.8 Å². The maximum atomic E-state index is 13.0. The van der Waals surface area contributed by atoms with E-state index >= 15 is 0 Å². The number of carbonyl (C=O) groups excluding carboxylic acids is 2. The summed E-state index contributed by atoms with van der Waals surface area (Å²) in [4.78, 5) is 29.7. The molecule has 0 radical (unpaired) electrons. The van der Waals surface area contributed by atoms with Gasteiger partial charge in [-0.05, 0) is 79.4 Å². The molecule has 0 saturated carbocycles. The summed E-state index contributed by atoms with van der Waals surface area (Å²) < 4.78 is 6.36. The van der Waals surface area contributed by atoms with Crippen LogP contribution in [0.15, 0.2) is 46.9 Å². The van der Waals surface area contributed by atoms with Crippen molar-refractivity contribution in [2.45, 2.75) is 20.0 Å². The molecule has 0 aliphatic carbocycles. The number of piperazine rings is 1. The van der Waals surface area contributed by atoms with Gasteiger partial charge in [-0.25, -0.2) is 0 Å². The summed E-state index contributed by atoms with van der Waals surface area (Å²) in [5.41, 5.74) is 1.51. The number of carbonyl (C=O) groups is 2. The van der Waals surface area contributed by atoms with Gasteiger partial charge in [-0.15, -0.1) is 0 Å². The number of amides is 2. The second-order valence-corrected chi connectivity index (χ2v) is 9.12. The largest absolute Gasteiger partial charge is 0.490 e. The second kappa shape index (κ2) is 10.9. The molecule has 1 saturated heterocycles. The molecule has 2 aromatic rings. The third kappa shape index (κ3) is 6.27. The minimum atomic E-state index is -0.359. The van der Waals surface area contributed by atoms with E-state index in [1.165, 1.54) is 0 Å². The lowest BCUT2D eigenvalue weighted by Crippen LogP contribution is -2.47. The molecule has 1 heterocycles. The summed E-state index contributed by atoms with van der Waals surface area (Å²) in [6.07, 6.45) is 0.0244. The van der Waals surface area contributed by atoms with Crippen LogP contribution in [0, 0.1) is 0 Å². The van der Waals surface area contributed by atoms with Gasteiger partial charge in [0.1, 0.15) is 5.75 Å². The van der Waals surface area contributed by atoms with Crippen molar-refractivity contribution in [1.29, 1.82) is 0 Å². The van der Waals surface area contributed by atoms with Gasteiger partial charge in [-0.2, -0.15) is 0 Å². The quantitative estimate of drug-likeness (QED) is 0.587. The van der Waals surface area contributed by atoms with Gasteiger partial charge in [-0.3, -0.25) is 14.9 Å². The highest BCUT2D eigenvalue weighted by Crippen LogP contribution is 2.27. The van der Waals surface area contributed by atoms with Gasteiger partial charge in [0.2, 0.25) is 0 Å². The van der Waals surface area contributed by atoms with E-state index in [1.54, 1.807) is 30.3 Å². The smallest absolute Gasteiger partial charge is 0.257 e. The first-order chi connectivity index (χ1) is 15.2. The van der Waals surface area contributed by atoms with Crippen molar-refractivity contribution >= 4 is 50.8 Å². The number of rotatable bonds is 5. The van der Waals surface area contributed by atoms with Crippen molar-refractivity contribution in [1.82, 2.24) is 15.1 Å². The number of nitrogens with zero attached hydrogens (tertiary/aromatic N) is 2. The molecular formula is C23H27BrN4O3S. The molecule has 0 unspecified atom stereocenters. The summed E-state index contributed by atoms with van der Waals surface area (Å²) in [5.74, 6) is 0.246. The number of likely N-dealkylation sites (N-methyl/N-ethyl adjacent to an activating group) is 1. The lowest BCUT2D eigenvalue weighted by molar-refractivity contribution is 0.0665. The molecule has 2 aromatic carbocycles. The zero-order valence-corrected chi connectivity index (χ0v) is 20.8. The SMILES string of the molecule is CC(C)Oc1ccc(C(=O)NC(=S)Nc2ccccc2C(=O)N2CCN(C)CC2)cc1Br. The Bertz CT molecular complexity index is 1010. The molecule has 0 bridgehead atoms. The van der Waals surface area contributed by atoms with Crippen LogP contribution in [-0.4, -0.2) is 66.1 Å². The van der Waals surface area contributed by atoms with E-state index in [1.807, 2.05) is 37.9 Å². The zero-order chi connectivity index (χ0) is 23.3. The van der Waals surface area contributed by atoms with Crippen LogP contribution in [0.5, 0.6) is 5.75 Å². The summed E-state index contributed by atoms with van der Waals surface area (Å²) in [6.45, 7) is 6.90. The Morgan fingerprint density at radius 3 is 2.44 bits per heavy atom. The highest BCUT2D eigenvalue weighted by Gasteiger charge is 2.22. The molecule has 2 amide bonds. The van der Waals surface area contributed by atoms with Crippen LogP contribution in [0.3, 0.4) is 0 Å². The highest BCUT2D eigenvalue weighted by atomic mass is 79.9. The highest BCUT2D eigenvalue weighted by molar-refractivity contribution is 9.10. The molecule has 0 aromatic heterocycles. The van der Waals surface area contributed by atoms with Crippen molar-refractivity contribution in [3.8, 4) is 5.75 Å². The van der Waals surface area contributed by atoms with Gasteiger partial charge < -0.3 is 19.9 Å². The van der Waals surface area contributed by atoms with Crippen molar-refractivity contribution < 1.29 is 14.3 Å². The van der Waals surface area contributed by atoms with Crippen LogP contribution < -0.4 is 15.4 Å². The van der Waals surface area contributed by atoms with E-state index in [2.05, 4.69) is 31.5 Å². The van der Waals surface area contributed by atoms with Gasteiger partial charge in [0.15, 0.2) is 5.11 Å². The molecule has 0 spiro atoms. The Balaban J connectivity index is 1.66. The Morgan fingerprint density at radius 1 is 1.09 bits per heavy atom. The first-order valence-corrected chi connectivity index (χ1v) is 11.6. The van der Waals surface area contributed by atoms with Crippen LogP contribution in [0.4, 0.5) is 5.69 Å². The van der Waals surface area contributed by atoms with Gasteiger partial charge in [0, 0.05) is 31.7 Å². The average molecular weight is 519 g/mol. The third-order valence-corrected chi connectivity index (χ3v) is 5.80. The van der Waals surface area contributed by atoms with E-state index in [0.717, 1.165) is 13.1 Å². The fourth-order valence-corrected chi connectivity index (χ4v) is 3.95. The Hall–Kier alpha value is -2.49. The monoisotopic (exact) mass is 518 g/mol. The lowest BCUT2D eigenvalue weighted by atomic mass is 10.1. The van der Waals surface area contributed by atoms with Gasteiger partial charge >= 0.3 is 0 Å². The third-order valence-electron chi connectivity index (χ3n) is 4.98. The number of hydrogen-bond acceptors (Lipinski definition) is 5. The molecule has 3 rings (SSSR count). The molecule has 7 nitrogen and oxygen atoms in total. The van der Waals surface area contributed by atoms with Gasteiger partial charge in [-0.1, -0.05) is 12.1 Å². The number of benzene rings is 2. The van der Waals surface area contributed by atoms with E-state index in [-0.39, 0.29) is 23.0 Å². The standard InChI is InChI=1S/C23H27BrN4O3S/c1-15(2)31-20-9-8-16(14-18(20)24)21(29)26-23(32)25-19-7-5-4-6-17(19)22(30)28-12-10-27(3)11-13-28/h4-9,14-15H,10-13H2,1-3H3,(H2,25,26,29,32). The van der Waals surface area contributed by atoms with Crippen LogP contribution >= 0.6 is 28.1 Å². The predicted octanol–water partition coefficient (Wildman–Crippen LogP) is 3.75. The van der Waals surface area contributed by atoms with Crippen molar-refractivity contribution in [2.24, 2.45) is 0 Å².